The molecule has 1 saturated heterocycles. The lowest BCUT2D eigenvalue weighted by molar-refractivity contribution is -0.0298. The number of aromatic nitrogens is 6. The van der Waals surface area contributed by atoms with E-state index in [1.54, 1.807) is 22.9 Å². The van der Waals surface area contributed by atoms with Gasteiger partial charge < -0.3 is 10.5 Å². The zero-order chi connectivity index (χ0) is 25.2. The van der Waals surface area contributed by atoms with Gasteiger partial charge in [-0.3, -0.25) is 13.8 Å². The predicted molar refractivity (Wildman–Crippen MR) is 137 cm³/mol. The smallest absolute Gasteiger partial charge is 0.266 e. The van der Waals surface area contributed by atoms with Crippen molar-refractivity contribution in [3.8, 4) is 11.1 Å². The number of aryl methyl sites for hydroxylation is 2. The lowest BCUT2D eigenvalue weighted by Gasteiger charge is -2.23. The summed E-state index contributed by atoms with van der Waals surface area (Å²) in [6, 6.07) is 6.11. The molecule has 4 aromatic heterocycles. The summed E-state index contributed by atoms with van der Waals surface area (Å²) < 4.78 is 22.6. The van der Waals surface area contributed by atoms with Crippen LogP contribution in [0, 0.1) is 12.7 Å². The lowest BCUT2D eigenvalue weighted by atomic mass is 10.0. The van der Waals surface area contributed by atoms with Gasteiger partial charge in [-0.05, 0) is 50.3 Å². The summed E-state index contributed by atoms with van der Waals surface area (Å²) in [7, 11) is 0. The number of nitrogens with two attached hydrogens (primary N) is 1. The summed E-state index contributed by atoms with van der Waals surface area (Å²) in [6.45, 7) is 4.61. The molecule has 6 rings (SSSR count). The molecule has 1 unspecified atom stereocenters. The number of anilines is 1. The third-order valence-electron chi connectivity index (χ3n) is 6.12. The molecule has 5 aromatic rings. The summed E-state index contributed by atoms with van der Waals surface area (Å²) in [5, 5.41) is 1.90. The Balaban J connectivity index is 0.000000152. The number of nitrogens with zero attached hydrogens (tertiary/aromatic N) is 6. The Bertz CT molecular complexity index is 1590. The number of fused-ring (bicyclic) bond motifs is 2. The van der Waals surface area contributed by atoms with Crippen molar-refractivity contribution in [2.24, 2.45) is 0 Å². The third-order valence-corrected chi connectivity index (χ3v) is 7.06. The van der Waals surface area contributed by atoms with Gasteiger partial charge in [-0.25, -0.2) is 24.3 Å². The minimum absolute atomic E-state index is 0.0352. The second-order valence-electron chi connectivity index (χ2n) is 8.50. The maximum absolute atomic E-state index is 13.4. The Morgan fingerprint density at radius 3 is 2.86 bits per heavy atom. The number of hydrogen-bond acceptors (Lipinski definition) is 8. The van der Waals surface area contributed by atoms with Gasteiger partial charge in [0.2, 0.25) is 0 Å². The lowest BCUT2D eigenvalue weighted by Crippen LogP contribution is -2.19. The van der Waals surface area contributed by atoms with E-state index in [1.165, 1.54) is 36.2 Å². The van der Waals surface area contributed by atoms with Crippen LogP contribution in [-0.4, -0.2) is 35.5 Å². The van der Waals surface area contributed by atoms with Gasteiger partial charge in [0.1, 0.15) is 23.9 Å². The van der Waals surface area contributed by atoms with Crippen molar-refractivity contribution >= 4 is 33.3 Å². The van der Waals surface area contributed by atoms with Gasteiger partial charge in [0.25, 0.3) is 5.56 Å². The number of ether oxygens (including phenoxy) is 1. The molecule has 0 amide bonds. The topological polar surface area (TPSA) is 113 Å². The average Bonchev–Trinajstić information content (AvgIpc) is 3.49. The SMILES string of the molecule is CCc1nc2scc(C)n2c(=O)c1-c1cccc(F)c1.Nc1ncnc2c1ncn2C1CCCCO1. The fourth-order valence-electron chi connectivity index (χ4n) is 4.34. The van der Waals surface area contributed by atoms with E-state index in [2.05, 4.69) is 19.9 Å². The number of halogens is 1. The van der Waals surface area contributed by atoms with Gasteiger partial charge >= 0.3 is 0 Å². The van der Waals surface area contributed by atoms with Crippen LogP contribution in [-0.2, 0) is 11.2 Å². The van der Waals surface area contributed by atoms with Crippen LogP contribution in [0.15, 0.2) is 47.1 Å². The summed E-state index contributed by atoms with van der Waals surface area (Å²) in [5.74, 6) is 0.0654. The molecule has 0 aliphatic carbocycles. The van der Waals surface area contributed by atoms with Crippen LogP contribution in [0.1, 0.15) is 43.8 Å². The Kier molecular flexibility index (Phi) is 6.75. The van der Waals surface area contributed by atoms with Gasteiger partial charge in [0.15, 0.2) is 16.4 Å². The standard InChI is InChI=1S/C15H13FN2OS.C10H13N5O/c1-3-12-13(10-5-4-6-11(16)7-10)14(19)18-9(2)8-20-15(18)17-12;11-9-8-10(13-5-12-9)15(6-14-8)7-3-1-2-4-16-7/h4-8H,3H2,1-2H3;5-7H,1-4H2,(H2,11,12,13). The average molecular weight is 508 g/mol. The molecule has 5 heterocycles. The maximum Gasteiger partial charge on any atom is 0.266 e. The quantitative estimate of drug-likeness (QED) is 0.381. The fraction of sp³-hybridized carbons (Fsp3) is 0.320. The van der Waals surface area contributed by atoms with Crippen LogP contribution >= 0.6 is 11.3 Å². The zero-order valence-corrected chi connectivity index (χ0v) is 20.8. The molecule has 0 spiro atoms. The monoisotopic (exact) mass is 507 g/mol. The van der Waals surface area contributed by atoms with Crippen molar-refractivity contribution in [2.75, 3.05) is 12.3 Å². The molecule has 186 valence electrons. The van der Waals surface area contributed by atoms with E-state index >= 15 is 0 Å². The van der Waals surface area contributed by atoms with Crippen LogP contribution in [0.3, 0.4) is 0 Å². The highest BCUT2D eigenvalue weighted by Crippen LogP contribution is 2.26. The summed E-state index contributed by atoms with van der Waals surface area (Å²) >= 11 is 1.44. The highest BCUT2D eigenvalue weighted by atomic mass is 32.1. The second kappa shape index (κ2) is 10.1. The third kappa shape index (κ3) is 4.47. The minimum atomic E-state index is -0.351. The predicted octanol–water partition coefficient (Wildman–Crippen LogP) is 4.54. The van der Waals surface area contributed by atoms with E-state index in [0.717, 1.165) is 30.8 Å². The largest absolute Gasteiger partial charge is 0.382 e. The van der Waals surface area contributed by atoms with Crippen LogP contribution < -0.4 is 11.3 Å². The van der Waals surface area contributed by atoms with Crippen molar-refractivity contribution in [2.45, 2.75) is 45.8 Å². The van der Waals surface area contributed by atoms with E-state index in [0.29, 0.717) is 39.5 Å². The highest BCUT2D eigenvalue weighted by molar-refractivity contribution is 7.15. The first-order valence-electron chi connectivity index (χ1n) is 11.8. The Morgan fingerprint density at radius 1 is 1.25 bits per heavy atom. The van der Waals surface area contributed by atoms with Crippen LogP contribution in [0.5, 0.6) is 0 Å². The Morgan fingerprint density at radius 2 is 2.11 bits per heavy atom. The molecule has 11 heteroatoms. The molecule has 1 aliphatic rings. The van der Waals surface area contributed by atoms with Crippen molar-refractivity contribution < 1.29 is 9.13 Å². The molecule has 1 fully saturated rings. The van der Waals surface area contributed by atoms with Crippen molar-refractivity contribution in [1.29, 1.82) is 0 Å². The van der Waals surface area contributed by atoms with Crippen molar-refractivity contribution in [3.05, 3.63) is 69.9 Å². The number of nitrogen functional groups attached to an aromatic ring is 1. The van der Waals surface area contributed by atoms with Crippen LogP contribution in [0.4, 0.5) is 10.2 Å². The Hall–Kier alpha value is -3.70. The molecular weight excluding hydrogens is 481 g/mol. The van der Waals surface area contributed by atoms with Crippen LogP contribution in [0.25, 0.3) is 27.3 Å². The van der Waals surface area contributed by atoms with Gasteiger partial charge in [-0.2, -0.15) is 0 Å². The first-order valence-corrected chi connectivity index (χ1v) is 12.7. The van der Waals surface area contributed by atoms with E-state index in [-0.39, 0.29) is 17.6 Å². The summed E-state index contributed by atoms with van der Waals surface area (Å²) in [4.78, 5) is 30.3. The second-order valence-corrected chi connectivity index (χ2v) is 9.34. The Labute approximate surface area is 210 Å². The van der Waals surface area contributed by atoms with Crippen molar-refractivity contribution in [3.63, 3.8) is 0 Å². The number of hydrogen-bond donors (Lipinski definition) is 1. The molecule has 1 atom stereocenters. The molecule has 0 radical (unpaired) electrons. The molecule has 1 aliphatic heterocycles. The van der Waals surface area contributed by atoms with E-state index in [9.17, 15) is 9.18 Å². The number of imidazole rings is 1. The molecule has 36 heavy (non-hydrogen) atoms. The normalized spacial score (nSPS) is 15.7. The molecule has 0 saturated carbocycles. The zero-order valence-electron chi connectivity index (χ0n) is 20.0. The molecule has 9 nitrogen and oxygen atoms in total. The van der Waals surface area contributed by atoms with Crippen molar-refractivity contribution in [1.82, 2.24) is 28.9 Å². The van der Waals surface area contributed by atoms with Gasteiger partial charge in [-0.15, -0.1) is 11.3 Å². The minimum Gasteiger partial charge on any atom is -0.382 e. The number of thiazole rings is 1. The molecule has 2 N–H and O–H groups in total. The van der Waals surface area contributed by atoms with E-state index in [4.69, 9.17) is 10.5 Å². The highest BCUT2D eigenvalue weighted by Gasteiger charge is 2.19. The van der Waals surface area contributed by atoms with Gasteiger partial charge in [-0.1, -0.05) is 19.1 Å². The van der Waals surface area contributed by atoms with E-state index in [1.807, 2.05) is 23.8 Å². The van der Waals surface area contributed by atoms with Gasteiger partial charge in [0.05, 0.1) is 17.6 Å². The fourth-order valence-corrected chi connectivity index (χ4v) is 5.21. The number of benzene rings is 1. The summed E-state index contributed by atoms with van der Waals surface area (Å²) in [5.41, 5.74) is 9.64. The summed E-state index contributed by atoms with van der Waals surface area (Å²) in [6.07, 6.45) is 7.15. The van der Waals surface area contributed by atoms with E-state index < -0.39 is 0 Å². The molecule has 0 bridgehead atoms. The maximum atomic E-state index is 13.4. The van der Waals surface area contributed by atoms with Gasteiger partial charge in [0, 0.05) is 17.7 Å². The number of rotatable bonds is 3. The molecular formula is C25H26FN7O2S. The van der Waals surface area contributed by atoms with Crippen LogP contribution in [0.2, 0.25) is 0 Å². The molecule has 1 aromatic carbocycles. The first-order chi connectivity index (χ1) is 17.5. The first kappa shape index (κ1) is 24.0.